The first-order valence-electron chi connectivity index (χ1n) is 5.98. The zero-order valence-electron chi connectivity index (χ0n) is 10.6. The first-order valence-corrected chi connectivity index (χ1v) is 5.98. The summed E-state index contributed by atoms with van der Waals surface area (Å²) in [4.78, 5) is 0. The Morgan fingerprint density at radius 3 is 2.41 bits per heavy atom. The van der Waals surface area contributed by atoms with Crippen LogP contribution in [-0.2, 0) is 7.05 Å². The number of nitrogens with zero attached hydrogens (tertiary/aromatic N) is 2. The number of hydrogen-bond acceptors (Lipinski definition) is 2. The summed E-state index contributed by atoms with van der Waals surface area (Å²) in [5, 5.41) is 4.26. The number of aryl methyl sites for hydroxylation is 1. The van der Waals surface area contributed by atoms with Crippen LogP contribution in [0.1, 0.15) is 30.6 Å². The van der Waals surface area contributed by atoms with Crippen molar-refractivity contribution in [3.63, 3.8) is 0 Å². The van der Waals surface area contributed by atoms with E-state index >= 15 is 0 Å². The zero-order chi connectivity index (χ0) is 12.4. The van der Waals surface area contributed by atoms with Crippen molar-refractivity contribution >= 4 is 0 Å². The number of aromatic nitrogens is 2. The lowest BCUT2D eigenvalue weighted by molar-refractivity contribution is 0.699. The molecule has 0 saturated heterocycles. The molecule has 1 aromatic carbocycles. The fourth-order valence-corrected chi connectivity index (χ4v) is 1.93. The maximum atomic E-state index is 6.00. The molecule has 0 fully saturated rings. The van der Waals surface area contributed by atoms with Gasteiger partial charge in [-0.1, -0.05) is 31.2 Å². The molecule has 1 unspecified atom stereocenters. The summed E-state index contributed by atoms with van der Waals surface area (Å²) in [5.74, 6) is 0. The first kappa shape index (κ1) is 11.9. The van der Waals surface area contributed by atoms with Crippen molar-refractivity contribution in [2.75, 3.05) is 0 Å². The monoisotopic (exact) mass is 229 g/mol. The lowest BCUT2D eigenvalue weighted by Crippen LogP contribution is -2.08. The molecule has 0 aliphatic heterocycles. The second kappa shape index (κ2) is 4.72. The standard InChI is InChI=1S/C14H19N3/c1-4-14(15)12-7-5-11(6-8-12)13-9-16-17(3)10(13)2/h5-9,14H,4,15H2,1-3H3. The third-order valence-corrected chi connectivity index (χ3v) is 3.32. The van der Waals surface area contributed by atoms with Crippen molar-refractivity contribution in [1.29, 1.82) is 0 Å². The van der Waals surface area contributed by atoms with Crippen LogP contribution in [0.5, 0.6) is 0 Å². The van der Waals surface area contributed by atoms with Crippen molar-refractivity contribution in [2.24, 2.45) is 12.8 Å². The van der Waals surface area contributed by atoms with Gasteiger partial charge in [0.25, 0.3) is 0 Å². The lowest BCUT2D eigenvalue weighted by atomic mass is 10.0. The summed E-state index contributed by atoms with van der Waals surface area (Å²) in [7, 11) is 1.96. The summed E-state index contributed by atoms with van der Waals surface area (Å²) in [6, 6.07) is 8.59. The van der Waals surface area contributed by atoms with Crippen molar-refractivity contribution in [3.05, 3.63) is 41.7 Å². The molecular weight excluding hydrogens is 210 g/mol. The minimum Gasteiger partial charge on any atom is -0.324 e. The second-order valence-electron chi connectivity index (χ2n) is 4.40. The Balaban J connectivity index is 2.32. The van der Waals surface area contributed by atoms with Gasteiger partial charge < -0.3 is 5.73 Å². The maximum absolute atomic E-state index is 6.00. The summed E-state index contributed by atoms with van der Waals surface area (Å²) in [5.41, 5.74) is 10.8. The highest BCUT2D eigenvalue weighted by Gasteiger charge is 2.07. The molecule has 17 heavy (non-hydrogen) atoms. The van der Waals surface area contributed by atoms with Crippen LogP contribution in [0.3, 0.4) is 0 Å². The molecule has 1 atom stereocenters. The maximum Gasteiger partial charge on any atom is 0.0571 e. The van der Waals surface area contributed by atoms with Gasteiger partial charge in [-0.25, -0.2) is 0 Å². The van der Waals surface area contributed by atoms with Gasteiger partial charge in [-0.2, -0.15) is 5.10 Å². The topological polar surface area (TPSA) is 43.8 Å². The Labute approximate surface area is 102 Å². The fraction of sp³-hybridized carbons (Fsp3) is 0.357. The van der Waals surface area contributed by atoms with E-state index in [1.165, 1.54) is 22.4 Å². The quantitative estimate of drug-likeness (QED) is 0.879. The molecule has 1 heterocycles. The Morgan fingerprint density at radius 2 is 1.94 bits per heavy atom. The van der Waals surface area contributed by atoms with E-state index in [2.05, 4.69) is 43.2 Å². The number of rotatable bonds is 3. The van der Waals surface area contributed by atoms with E-state index in [9.17, 15) is 0 Å². The van der Waals surface area contributed by atoms with Gasteiger partial charge in [-0.05, 0) is 24.5 Å². The molecule has 0 aliphatic carbocycles. The number of benzene rings is 1. The minimum absolute atomic E-state index is 0.138. The van der Waals surface area contributed by atoms with Crippen molar-refractivity contribution in [2.45, 2.75) is 26.3 Å². The van der Waals surface area contributed by atoms with Gasteiger partial charge in [0.1, 0.15) is 0 Å². The molecule has 2 N–H and O–H groups in total. The summed E-state index contributed by atoms with van der Waals surface area (Å²) >= 11 is 0. The lowest BCUT2D eigenvalue weighted by Gasteiger charge is -2.09. The summed E-state index contributed by atoms with van der Waals surface area (Å²) in [6.07, 6.45) is 2.87. The molecule has 3 nitrogen and oxygen atoms in total. The predicted molar refractivity (Wildman–Crippen MR) is 70.6 cm³/mol. The van der Waals surface area contributed by atoms with E-state index in [0.717, 1.165) is 6.42 Å². The van der Waals surface area contributed by atoms with Crippen LogP contribution >= 0.6 is 0 Å². The van der Waals surface area contributed by atoms with E-state index < -0.39 is 0 Å². The van der Waals surface area contributed by atoms with E-state index in [4.69, 9.17) is 5.73 Å². The third kappa shape index (κ3) is 2.24. The zero-order valence-corrected chi connectivity index (χ0v) is 10.6. The first-order chi connectivity index (χ1) is 8.13. The SMILES string of the molecule is CCC(N)c1ccc(-c2cnn(C)c2C)cc1. The van der Waals surface area contributed by atoms with Gasteiger partial charge in [0.05, 0.1) is 6.20 Å². The van der Waals surface area contributed by atoms with Crippen LogP contribution in [0.25, 0.3) is 11.1 Å². The molecule has 0 saturated carbocycles. The van der Waals surface area contributed by atoms with Crippen LogP contribution in [-0.4, -0.2) is 9.78 Å². The van der Waals surface area contributed by atoms with Crippen LogP contribution < -0.4 is 5.73 Å². The Kier molecular flexibility index (Phi) is 3.29. The van der Waals surface area contributed by atoms with Gasteiger partial charge in [-0.15, -0.1) is 0 Å². The van der Waals surface area contributed by atoms with Crippen molar-refractivity contribution < 1.29 is 0 Å². The average molecular weight is 229 g/mol. The highest BCUT2D eigenvalue weighted by Crippen LogP contribution is 2.24. The van der Waals surface area contributed by atoms with Crippen molar-refractivity contribution in [3.8, 4) is 11.1 Å². The van der Waals surface area contributed by atoms with E-state index in [-0.39, 0.29) is 6.04 Å². The van der Waals surface area contributed by atoms with Gasteiger partial charge in [-0.3, -0.25) is 4.68 Å². The molecule has 90 valence electrons. The molecule has 0 aliphatic rings. The molecule has 3 heteroatoms. The highest BCUT2D eigenvalue weighted by atomic mass is 15.3. The van der Waals surface area contributed by atoms with Crippen LogP contribution in [0.15, 0.2) is 30.5 Å². The van der Waals surface area contributed by atoms with Crippen LogP contribution in [0.4, 0.5) is 0 Å². The normalized spacial score (nSPS) is 12.7. The largest absolute Gasteiger partial charge is 0.324 e. The number of nitrogens with two attached hydrogens (primary N) is 1. The molecular formula is C14H19N3. The summed E-state index contributed by atoms with van der Waals surface area (Å²) in [6.45, 7) is 4.18. The molecule has 0 amide bonds. The molecule has 1 aromatic heterocycles. The number of hydrogen-bond donors (Lipinski definition) is 1. The van der Waals surface area contributed by atoms with Gasteiger partial charge in [0.15, 0.2) is 0 Å². The highest BCUT2D eigenvalue weighted by molar-refractivity contribution is 5.65. The Morgan fingerprint density at radius 1 is 1.29 bits per heavy atom. The molecule has 2 rings (SSSR count). The van der Waals surface area contributed by atoms with Crippen LogP contribution in [0, 0.1) is 6.92 Å². The predicted octanol–water partition coefficient (Wildman–Crippen LogP) is 2.81. The third-order valence-electron chi connectivity index (χ3n) is 3.32. The second-order valence-corrected chi connectivity index (χ2v) is 4.40. The fourth-order valence-electron chi connectivity index (χ4n) is 1.93. The average Bonchev–Trinajstić information content (AvgIpc) is 2.69. The van der Waals surface area contributed by atoms with Gasteiger partial charge in [0.2, 0.25) is 0 Å². The molecule has 0 spiro atoms. The van der Waals surface area contributed by atoms with E-state index in [0.29, 0.717) is 0 Å². The van der Waals surface area contributed by atoms with Crippen LogP contribution in [0.2, 0.25) is 0 Å². The molecule has 0 radical (unpaired) electrons. The van der Waals surface area contributed by atoms with E-state index in [1.807, 2.05) is 17.9 Å². The van der Waals surface area contributed by atoms with Gasteiger partial charge in [0, 0.05) is 24.3 Å². The minimum atomic E-state index is 0.138. The Bertz CT molecular complexity index is 497. The van der Waals surface area contributed by atoms with E-state index in [1.54, 1.807) is 0 Å². The Hall–Kier alpha value is -1.61. The molecule has 2 aromatic rings. The van der Waals surface area contributed by atoms with Gasteiger partial charge >= 0.3 is 0 Å². The van der Waals surface area contributed by atoms with Crippen molar-refractivity contribution in [1.82, 2.24) is 9.78 Å². The smallest absolute Gasteiger partial charge is 0.0571 e. The summed E-state index contributed by atoms with van der Waals surface area (Å²) < 4.78 is 1.89. The molecule has 0 bridgehead atoms.